The molecule has 1 heterocycles. The Kier molecular flexibility index (Phi) is 9.43. The van der Waals surface area contributed by atoms with E-state index in [2.05, 4.69) is 31.4 Å². The van der Waals surface area contributed by atoms with E-state index in [1.807, 2.05) is 19.0 Å². The molecule has 172 valence electrons. The highest BCUT2D eigenvalue weighted by atomic mass is 16.2. The first-order valence-electron chi connectivity index (χ1n) is 11.9. The van der Waals surface area contributed by atoms with Gasteiger partial charge < -0.3 is 20.4 Å². The van der Waals surface area contributed by atoms with Crippen molar-refractivity contribution in [1.29, 1.82) is 0 Å². The maximum Gasteiger partial charge on any atom is 0.230 e. The lowest BCUT2D eigenvalue weighted by Crippen LogP contribution is -2.51. The number of carbonyl (C=O) groups excluding carboxylic acids is 2. The summed E-state index contributed by atoms with van der Waals surface area (Å²) in [6.07, 6.45) is 7.73. The van der Waals surface area contributed by atoms with Gasteiger partial charge in [0, 0.05) is 45.7 Å². The van der Waals surface area contributed by atoms with Gasteiger partial charge in [0.25, 0.3) is 0 Å². The fraction of sp³-hybridized carbons (Fsp3) is 0.870. The third-order valence-corrected chi connectivity index (χ3v) is 6.79. The number of nitrogens with zero attached hydrogens (tertiary/aromatic N) is 3. The van der Waals surface area contributed by atoms with E-state index in [0.717, 1.165) is 77.0 Å². The normalized spacial score (nSPS) is 19.8. The molecule has 0 radical (unpaired) electrons. The third kappa shape index (κ3) is 6.11. The highest BCUT2D eigenvalue weighted by Crippen LogP contribution is 2.39. The molecule has 1 aliphatic carbocycles. The molecule has 30 heavy (non-hydrogen) atoms. The molecule has 0 bridgehead atoms. The molecule has 2 rings (SSSR count). The van der Waals surface area contributed by atoms with E-state index < -0.39 is 0 Å². The predicted molar refractivity (Wildman–Crippen MR) is 122 cm³/mol. The molecule has 7 heteroatoms. The van der Waals surface area contributed by atoms with Crippen molar-refractivity contribution in [2.75, 3.05) is 40.3 Å². The molecule has 0 atom stereocenters. The summed E-state index contributed by atoms with van der Waals surface area (Å²) >= 11 is 0. The Hall–Kier alpha value is -1.79. The Bertz CT molecular complexity index is 586. The van der Waals surface area contributed by atoms with Gasteiger partial charge in [0.15, 0.2) is 5.96 Å². The molecule has 0 spiro atoms. The highest BCUT2D eigenvalue weighted by molar-refractivity contribution is 5.84. The van der Waals surface area contributed by atoms with Crippen molar-refractivity contribution in [3.8, 4) is 0 Å². The number of nitrogens with one attached hydrogen (secondary N) is 2. The Labute approximate surface area is 183 Å². The summed E-state index contributed by atoms with van der Waals surface area (Å²) in [5.41, 5.74) is -0.350. The number of rotatable bonds is 8. The average molecular weight is 422 g/mol. The maximum absolute atomic E-state index is 12.8. The summed E-state index contributed by atoms with van der Waals surface area (Å²) < 4.78 is 0. The molecule has 2 amide bonds. The lowest BCUT2D eigenvalue weighted by Gasteiger charge is -2.35. The van der Waals surface area contributed by atoms with Crippen LogP contribution < -0.4 is 10.6 Å². The van der Waals surface area contributed by atoms with Crippen LogP contribution in [0.5, 0.6) is 0 Å². The molecular formula is C23H43N5O2. The van der Waals surface area contributed by atoms with Gasteiger partial charge in [-0.2, -0.15) is 0 Å². The monoisotopic (exact) mass is 421 g/mol. The van der Waals surface area contributed by atoms with Crippen molar-refractivity contribution in [2.45, 2.75) is 78.2 Å². The zero-order valence-corrected chi connectivity index (χ0v) is 19.8. The first kappa shape index (κ1) is 24.5. The van der Waals surface area contributed by atoms with E-state index in [1.54, 1.807) is 4.90 Å². The molecule has 1 aliphatic heterocycles. The number of likely N-dealkylation sites (tertiary alicyclic amines) is 1. The van der Waals surface area contributed by atoms with Crippen LogP contribution in [0, 0.1) is 11.3 Å². The van der Waals surface area contributed by atoms with Crippen molar-refractivity contribution in [3.05, 3.63) is 0 Å². The van der Waals surface area contributed by atoms with Gasteiger partial charge in [0.05, 0.1) is 12.0 Å². The topological polar surface area (TPSA) is 77.0 Å². The molecule has 0 aromatic heterocycles. The Balaban J connectivity index is 1.96. The summed E-state index contributed by atoms with van der Waals surface area (Å²) in [5, 5.41) is 6.90. The van der Waals surface area contributed by atoms with E-state index >= 15 is 0 Å². The number of amides is 2. The van der Waals surface area contributed by atoms with E-state index in [4.69, 9.17) is 4.99 Å². The number of aliphatic imine (C=N–C) groups is 1. The van der Waals surface area contributed by atoms with E-state index in [9.17, 15) is 9.59 Å². The van der Waals surface area contributed by atoms with Gasteiger partial charge in [-0.25, -0.2) is 0 Å². The second-order valence-corrected chi connectivity index (χ2v) is 9.14. The number of hydrogen-bond donors (Lipinski definition) is 2. The summed E-state index contributed by atoms with van der Waals surface area (Å²) in [6.45, 7) is 9.17. The quantitative estimate of drug-likeness (QED) is 0.467. The molecule has 7 nitrogen and oxygen atoms in total. The van der Waals surface area contributed by atoms with Crippen LogP contribution in [0.25, 0.3) is 0 Å². The SMILES string of the molecule is CCNC(=NCC1(C(=O)N(C)C)CCCC1)NC1CCN(C(=O)C(CC)CC)CC1. The van der Waals surface area contributed by atoms with Crippen LogP contribution in [0.1, 0.15) is 72.1 Å². The van der Waals surface area contributed by atoms with Crippen LogP contribution in [0.3, 0.4) is 0 Å². The first-order chi connectivity index (χ1) is 14.4. The molecule has 2 fully saturated rings. The Morgan fingerprint density at radius 3 is 2.20 bits per heavy atom. The minimum atomic E-state index is -0.350. The van der Waals surface area contributed by atoms with Crippen LogP contribution in [0.2, 0.25) is 0 Å². The predicted octanol–water partition coefficient (Wildman–Crippen LogP) is 2.62. The standard InChI is InChI=1S/C23H43N5O2/c1-6-18(7-2)20(29)28-15-11-19(12-16-28)26-22(24-8-3)25-17-23(13-9-10-14-23)21(30)27(4)5/h18-19H,6-17H2,1-5H3,(H2,24,25,26). The van der Waals surface area contributed by atoms with Gasteiger partial charge in [-0.1, -0.05) is 26.7 Å². The van der Waals surface area contributed by atoms with Crippen LogP contribution in [0.15, 0.2) is 4.99 Å². The molecule has 0 aromatic rings. The maximum atomic E-state index is 12.8. The number of guanidine groups is 1. The average Bonchev–Trinajstić information content (AvgIpc) is 3.23. The second kappa shape index (κ2) is 11.6. The second-order valence-electron chi connectivity index (χ2n) is 9.14. The van der Waals surface area contributed by atoms with Gasteiger partial charge in [0.2, 0.25) is 11.8 Å². The van der Waals surface area contributed by atoms with E-state index in [-0.39, 0.29) is 17.2 Å². The van der Waals surface area contributed by atoms with Crippen molar-refractivity contribution in [3.63, 3.8) is 0 Å². The van der Waals surface area contributed by atoms with Crippen molar-refractivity contribution in [1.82, 2.24) is 20.4 Å². The summed E-state index contributed by atoms with van der Waals surface area (Å²) in [6, 6.07) is 0.303. The Morgan fingerprint density at radius 2 is 1.70 bits per heavy atom. The zero-order valence-electron chi connectivity index (χ0n) is 19.8. The number of hydrogen-bond acceptors (Lipinski definition) is 3. The molecule has 2 aliphatic rings. The zero-order chi connectivity index (χ0) is 22.1. The first-order valence-corrected chi connectivity index (χ1v) is 11.9. The van der Waals surface area contributed by atoms with Crippen molar-refractivity contribution < 1.29 is 9.59 Å². The fourth-order valence-corrected chi connectivity index (χ4v) is 4.85. The number of piperidine rings is 1. The van der Waals surface area contributed by atoms with Crippen LogP contribution >= 0.6 is 0 Å². The summed E-state index contributed by atoms with van der Waals surface area (Å²) in [4.78, 5) is 34.0. The molecule has 0 unspecified atom stereocenters. The van der Waals surface area contributed by atoms with Gasteiger partial charge >= 0.3 is 0 Å². The largest absolute Gasteiger partial charge is 0.357 e. The fourth-order valence-electron chi connectivity index (χ4n) is 4.85. The van der Waals surface area contributed by atoms with Crippen molar-refractivity contribution in [2.24, 2.45) is 16.3 Å². The Morgan fingerprint density at radius 1 is 1.10 bits per heavy atom. The summed E-state index contributed by atoms with van der Waals surface area (Å²) in [7, 11) is 3.68. The molecule has 0 aromatic carbocycles. The number of carbonyl (C=O) groups is 2. The third-order valence-electron chi connectivity index (χ3n) is 6.79. The van der Waals surface area contributed by atoms with E-state index in [0.29, 0.717) is 18.5 Å². The highest BCUT2D eigenvalue weighted by Gasteiger charge is 2.42. The lowest BCUT2D eigenvalue weighted by atomic mass is 9.85. The smallest absolute Gasteiger partial charge is 0.230 e. The summed E-state index contributed by atoms with van der Waals surface area (Å²) in [5.74, 6) is 1.46. The van der Waals surface area contributed by atoms with Gasteiger partial charge in [-0.05, 0) is 45.4 Å². The minimum absolute atomic E-state index is 0.158. The van der Waals surface area contributed by atoms with Gasteiger partial charge in [0.1, 0.15) is 0 Å². The van der Waals surface area contributed by atoms with Crippen LogP contribution in [-0.2, 0) is 9.59 Å². The van der Waals surface area contributed by atoms with Crippen LogP contribution in [-0.4, -0.2) is 73.9 Å². The van der Waals surface area contributed by atoms with Gasteiger partial charge in [-0.15, -0.1) is 0 Å². The molecule has 1 saturated heterocycles. The molecule has 2 N–H and O–H groups in total. The van der Waals surface area contributed by atoms with E-state index in [1.165, 1.54) is 0 Å². The molecule has 1 saturated carbocycles. The van der Waals surface area contributed by atoms with Crippen LogP contribution in [0.4, 0.5) is 0 Å². The van der Waals surface area contributed by atoms with Gasteiger partial charge in [-0.3, -0.25) is 14.6 Å². The molecular weight excluding hydrogens is 378 g/mol. The lowest BCUT2D eigenvalue weighted by molar-refractivity contribution is -0.138. The van der Waals surface area contributed by atoms with Crippen molar-refractivity contribution >= 4 is 17.8 Å². The minimum Gasteiger partial charge on any atom is -0.357 e.